The molecule has 1 rings (SSSR count). The van der Waals surface area contributed by atoms with Crippen molar-refractivity contribution in [3.05, 3.63) is 17.5 Å². The summed E-state index contributed by atoms with van der Waals surface area (Å²) >= 11 is 5.80. The molecule has 0 atom stereocenters. The van der Waals surface area contributed by atoms with Crippen LogP contribution in [0, 0.1) is 0 Å². The fourth-order valence-electron chi connectivity index (χ4n) is 0.976. The maximum atomic E-state index is 11.4. The molecule has 6 heteroatoms. The lowest BCUT2D eigenvalue weighted by Crippen LogP contribution is -2.28. The molecule has 0 aliphatic heterocycles. The Morgan fingerprint density at radius 2 is 2.25 bits per heavy atom. The molecule has 1 heterocycles. The van der Waals surface area contributed by atoms with E-state index in [2.05, 4.69) is 15.3 Å². The molecule has 0 fully saturated rings. The van der Waals surface area contributed by atoms with Crippen molar-refractivity contribution in [1.29, 1.82) is 0 Å². The van der Waals surface area contributed by atoms with Crippen LogP contribution in [-0.4, -0.2) is 28.1 Å². The SMILES string of the molecule is CC(C)(C)OC(=O)CNc1ncncc1Cl. The highest BCUT2D eigenvalue weighted by molar-refractivity contribution is 6.32. The number of hydrogen-bond acceptors (Lipinski definition) is 5. The summed E-state index contributed by atoms with van der Waals surface area (Å²) < 4.78 is 5.11. The van der Waals surface area contributed by atoms with Gasteiger partial charge in [-0.05, 0) is 20.8 Å². The summed E-state index contributed by atoms with van der Waals surface area (Å²) in [5.41, 5.74) is -0.492. The maximum absolute atomic E-state index is 11.4. The zero-order valence-electron chi connectivity index (χ0n) is 9.45. The fourth-order valence-corrected chi connectivity index (χ4v) is 1.15. The van der Waals surface area contributed by atoms with Crippen LogP contribution < -0.4 is 5.32 Å². The molecule has 16 heavy (non-hydrogen) atoms. The summed E-state index contributed by atoms with van der Waals surface area (Å²) in [7, 11) is 0. The van der Waals surface area contributed by atoms with Gasteiger partial charge in [-0.3, -0.25) is 4.79 Å². The van der Waals surface area contributed by atoms with Crippen molar-refractivity contribution in [3.8, 4) is 0 Å². The van der Waals surface area contributed by atoms with E-state index in [0.29, 0.717) is 10.8 Å². The van der Waals surface area contributed by atoms with Crippen LogP contribution in [0.3, 0.4) is 0 Å². The Morgan fingerprint density at radius 3 is 2.81 bits per heavy atom. The quantitative estimate of drug-likeness (QED) is 0.822. The number of nitrogens with zero attached hydrogens (tertiary/aromatic N) is 2. The molecule has 0 unspecified atom stereocenters. The number of esters is 1. The van der Waals surface area contributed by atoms with E-state index >= 15 is 0 Å². The van der Waals surface area contributed by atoms with Crippen molar-refractivity contribution in [2.45, 2.75) is 26.4 Å². The average Bonchev–Trinajstić information content (AvgIpc) is 2.14. The molecule has 0 amide bonds. The molecule has 5 nitrogen and oxygen atoms in total. The first-order valence-corrected chi connectivity index (χ1v) is 5.17. The highest BCUT2D eigenvalue weighted by Gasteiger charge is 2.16. The molecule has 1 aromatic rings. The van der Waals surface area contributed by atoms with Gasteiger partial charge >= 0.3 is 5.97 Å². The fraction of sp³-hybridized carbons (Fsp3) is 0.500. The van der Waals surface area contributed by atoms with Gasteiger partial charge in [0, 0.05) is 0 Å². The highest BCUT2D eigenvalue weighted by atomic mass is 35.5. The summed E-state index contributed by atoms with van der Waals surface area (Å²) in [5, 5.41) is 3.14. The van der Waals surface area contributed by atoms with Crippen molar-refractivity contribution in [3.63, 3.8) is 0 Å². The summed E-state index contributed by atoms with van der Waals surface area (Å²) in [4.78, 5) is 19.0. The van der Waals surface area contributed by atoms with E-state index < -0.39 is 5.60 Å². The number of halogens is 1. The Morgan fingerprint density at radius 1 is 1.56 bits per heavy atom. The third-order valence-electron chi connectivity index (χ3n) is 1.49. The Balaban J connectivity index is 2.47. The minimum atomic E-state index is -0.492. The van der Waals surface area contributed by atoms with Gasteiger partial charge in [-0.2, -0.15) is 0 Å². The van der Waals surface area contributed by atoms with Crippen LogP contribution in [0.2, 0.25) is 5.02 Å². The number of rotatable bonds is 3. The number of ether oxygens (including phenoxy) is 1. The smallest absolute Gasteiger partial charge is 0.325 e. The normalized spacial score (nSPS) is 11.0. The van der Waals surface area contributed by atoms with Gasteiger partial charge in [0.1, 0.15) is 29.3 Å². The van der Waals surface area contributed by atoms with Crippen LogP contribution >= 0.6 is 11.6 Å². The molecule has 0 aromatic carbocycles. The Bertz CT molecular complexity index is 377. The summed E-state index contributed by atoms with van der Waals surface area (Å²) in [6.07, 6.45) is 2.80. The van der Waals surface area contributed by atoms with Gasteiger partial charge in [-0.25, -0.2) is 9.97 Å². The minimum absolute atomic E-state index is 0.0218. The van der Waals surface area contributed by atoms with E-state index in [1.807, 2.05) is 20.8 Å². The van der Waals surface area contributed by atoms with Gasteiger partial charge in [0.25, 0.3) is 0 Å². The lowest BCUT2D eigenvalue weighted by Gasteiger charge is -2.19. The van der Waals surface area contributed by atoms with E-state index in [9.17, 15) is 4.79 Å². The molecule has 1 N–H and O–H groups in total. The molecule has 0 aliphatic carbocycles. The van der Waals surface area contributed by atoms with Crippen molar-refractivity contribution in [2.75, 3.05) is 11.9 Å². The summed E-state index contributed by atoms with van der Waals surface area (Å²) in [6.45, 7) is 5.45. The number of anilines is 1. The van der Waals surface area contributed by atoms with Crippen LogP contribution in [0.4, 0.5) is 5.82 Å². The van der Waals surface area contributed by atoms with Gasteiger partial charge in [-0.1, -0.05) is 11.6 Å². The third kappa shape index (κ3) is 4.44. The first-order chi connectivity index (χ1) is 7.38. The molecular formula is C10H14ClN3O2. The lowest BCUT2D eigenvalue weighted by molar-refractivity contribution is -0.152. The van der Waals surface area contributed by atoms with E-state index in [1.54, 1.807) is 0 Å². The number of aromatic nitrogens is 2. The van der Waals surface area contributed by atoms with E-state index in [4.69, 9.17) is 16.3 Å². The molecule has 1 aromatic heterocycles. The Kier molecular flexibility index (Phi) is 4.06. The van der Waals surface area contributed by atoms with Gasteiger partial charge in [0.05, 0.1) is 6.20 Å². The van der Waals surface area contributed by atoms with E-state index in [0.717, 1.165) is 0 Å². The monoisotopic (exact) mass is 243 g/mol. The largest absolute Gasteiger partial charge is 0.459 e. The predicted octanol–water partition coefficient (Wildman–Crippen LogP) is 1.88. The molecule has 0 aliphatic rings. The lowest BCUT2D eigenvalue weighted by atomic mass is 10.2. The minimum Gasteiger partial charge on any atom is -0.459 e. The second-order valence-electron chi connectivity index (χ2n) is 4.16. The zero-order valence-corrected chi connectivity index (χ0v) is 10.2. The van der Waals surface area contributed by atoms with Crippen LogP contribution in [0.5, 0.6) is 0 Å². The summed E-state index contributed by atoms with van der Waals surface area (Å²) in [6, 6.07) is 0. The predicted molar refractivity (Wildman–Crippen MR) is 61.4 cm³/mol. The number of nitrogens with one attached hydrogen (secondary N) is 1. The standard InChI is InChI=1S/C10H14ClN3O2/c1-10(2,3)16-8(15)5-13-9-7(11)4-12-6-14-9/h4,6H,5H2,1-3H3,(H,12,13,14). The van der Waals surface area contributed by atoms with Crippen molar-refractivity contribution >= 4 is 23.4 Å². The number of carbonyl (C=O) groups excluding carboxylic acids is 1. The molecule has 0 bridgehead atoms. The molecule has 0 radical (unpaired) electrons. The van der Waals surface area contributed by atoms with Crippen molar-refractivity contribution in [1.82, 2.24) is 9.97 Å². The van der Waals surface area contributed by atoms with E-state index in [-0.39, 0.29) is 12.5 Å². The topological polar surface area (TPSA) is 64.1 Å². The van der Waals surface area contributed by atoms with Crippen LogP contribution in [0.25, 0.3) is 0 Å². The van der Waals surface area contributed by atoms with Crippen molar-refractivity contribution < 1.29 is 9.53 Å². The first kappa shape index (κ1) is 12.7. The van der Waals surface area contributed by atoms with Gasteiger partial charge < -0.3 is 10.1 Å². The van der Waals surface area contributed by atoms with Crippen LogP contribution in [0.15, 0.2) is 12.5 Å². The molecule has 0 spiro atoms. The molecule has 88 valence electrons. The average molecular weight is 244 g/mol. The molecule has 0 saturated heterocycles. The molecular weight excluding hydrogens is 230 g/mol. The van der Waals surface area contributed by atoms with Crippen LogP contribution in [0.1, 0.15) is 20.8 Å². The second kappa shape index (κ2) is 5.12. The highest BCUT2D eigenvalue weighted by Crippen LogP contribution is 2.15. The number of hydrogen-bond donors (Lipinski definition) is 1. The Hall–Kier alpha value is -1.36. The Labute approximate surface area is 99.2 Å². The molecule has 0 saturated carbocycles. The second-order valence-corrected chi connectivity index (χ2v) is 4.57. The van der Waals surface area contributed by atoms with Gasteiger partial charge in [0.15, 0.2) is 0 Å². The van der Waals surface area contributed by atoms with Crippen LogP contribution in [-0.2, 0) is 9.53 Å². The zero-order chi connectivity index (χ0) is 12.2. The van der Waals surface area contributed by atoms with Crippen molar-refractivity contribution in [2.24, 2.45) is 0 Å². The summed E-state index contributed by atoms with van der Waals surface area (Å²) in [5.74, 6) is 0.0599. The first-order valence-electron chi connectivity index (χ1n) is 4.80. The maximum Gasteiger partial charge on any atom is 0.325 e. The number of carbonyl (C=O) groups is 1. The van der Waals surface area contributed by atoms with Gasteiger partial charge in [0.2, 0.25) is 0 Å². The van der Waals surface area contributed by atoms with E-state index in [1.165, 1.54) is 12.5 Å². The third-order valence-corrected chi connectivity index (χ3v) is 1.76. The van der Waals surface area contributed by atoms with Gasteiger partial charge in [-0.15, -0.1) is 0 Å².